The quantitative estimate of drug-likeness (QED) is 0.857. The Hall–Kier alpha value is -0.380. The summed E-state index contributed by atoms with van der Waals surface area (Å²) in [6.07, 6.45) is 7.83. The summed E-state index contributed by atoms with van der Waals surface area (Å²) in [5.41, 5.74) is -0.00447. The molecule has 0 aromatic carbocycles. The monoisotopic (exact) mass is 265 g/mol. The van der Waals surface area contributed by atoms with Gasteiger partial charge in [0.2, 0.25) is 0 Å². The van der Waals surface area contributed by atoms with E-state index in [1.54, 1.807) is 11.3 Å². The molecule has 0 bridgehead atoms. The second kappa shape index (κ2) is 5.32. The van der Waals surface area contributed by atoms with E-state index in [0.717, 1.165) is 24.8 Å². The van der Waals surface area contributed by atoms with E-state index in [9.17, 15) is 5.11 Å². The maximum Gasteiger partial charge on any atom is 0.0613 e. The minimum Gasteiger partial charge on any atom is -0.394 e. The number of rotatable bonds is 5. The van der Waals surface area contributed by atoms with E-state index in [2.05, 4.69) is 22.8 Å². The Morgan fingerprint density at radius 1 is 1.33 bits per heavy atom. The van der Waals surface area contributed by atoms with Crippen molar-refractivity contribution in [3.8, 4) is 0 Å². The van der Waals surface area contributed by atoms with Crippen LogP contribution in [0.25, 0.3) is 0 Å². The highest BCUT2D eigenvalue weighted by Gasteiger charge is 2.41. The highest BCUT2D eigenvalue weighted by atomic mass is 32.1. The number of aliphatic hydroxyl groups is 1. The molecule has 100 valence electrons. The van der Waals surface area contributed by atoms with Crippen LogP contribution < -0.4 is 5.32 Å². The maximum absolute atomic E-state index is 9.83. The van der Waals surface area contributed by atoms with Gasteiger partial charge in [0.1, 0.15) is 0 Å². The first kappa shape index (κ1) is 12.6. The molecule has 2 nitrogen and oxygen atoms in total. The van der Waals surface area contributed by atoms with Crippen LogP contribution in [0.15, 0.2) is 17.5 Å². The molecule has 3 rings (SSSR count). The first-order valence-electron chi connectivity index (χ1n) is 7.20. The molecule has 3 heteroatoms. The fourth-order valence-electron chi connectivity index (χ4n) is 3.43. The van der Waals surface area contributed by atoms with Crippen LogP contribution in [0.5, 0.6) is 0 Å². The fourth-order valence-corrected chi connectivity index (χ4v) is 4.07. The number of hydrogen-bond donors (Lipinski definition) is 2. The van der Waals surface area contributed by atoms with Crippen LogP contribution in [0, 0.1) is 11.8 Å². The van der Waals surface area contributed by atoms with Crippen molar-refractivity contribution in [2.24, 2.45) is 11.8 Å². The molecule has 2 fully saturated rings. The van der Waals surface area contributed by atoms with Crippen LogP contribution in [0.3, 0.4) is 0 Å². The largest absolute Gasteiger partial charge is 0.394 e. The predicted molar refractivity (Wildman–Crippen MR) is 75.7 cm³/mol. The van der Waals surface area contributed by atoms with Crippen molar-refractivity contribution in [2.75, 3.05) is 6.61 Å². The van der Waals surface area contributed by atoms with Crippen LogP contribution in [-0.2, 0) is 6.54 Å². The molecule has 0 radical (unpaired) electrons. The molecular weight excluding hydrogens is 242 g/mol. The Morgan fingerprint density at radius 3 is 2.89 bits per heavy atom. The lowest BCUT2D eigenvalue weighted by Crippen LogP contribution is -2.51. The van der Waals surface area contributed by atoms with Gasteiger partial charge in [-0.15, -0.1) is 11.3 Å². The third-order valence-corrected chi connectivity index (χ3v) is 5.57. The average molecular weight is 265 g/mol. The van der Waals surface area contributed by atoms with Gasteiger partial charge in [-0.25, -0.2) is 0 Å². The summed E-state index contributed by atoms with van der Waals surface area (Å²) >= 11 is 1.80. The minimum absolute atomic E-state index is 0.00447. The van der Waals surface area contributed by atoms with Gasteiger partial charge < -0.3 is 10.4 Å². The number of hydrogen-bond acceptors (Lipinski definition) is 3. The molecule has 2 aliphatic carbocycles. The molecule has 1 aromatic heterocycles. The van der Waals surface area contributed by atoms with Crippen molar-refractivity contribution in [2.45, 2.75) is 50.6 Å². The molecule has 2 aliphatic rings. The van der Waals surface area contributed by atoms with Crippen molar-refractivity contribution in [1.82, 2.24) is 5.32 Å². The Bertz CT molecular complexity index is 374. The van der Waals surface area contributed by atoms with Crippen LogP contribution >= 0.6 is 11.3 Å². The zero-order valence-electron chi connectivity index (χ0n) is 10.9. The zero-order chi connectivity index (χ0) is 12.4. The zero-order valence-corrected chi connectivity index (χ0v) is 11.7. The van der Waals surface area contributed by atoms with Crippen LogP contribution in [0.4, 0.5) is 0 Å². The molecule has 18 heavy (non-hydrogen) atoms. The van der Waals surface area contributed by atoms with Crippen LogP contribution in [0.2, 0.25) is 0 Å². The van der Waals surface area contributed by atoms with Gasteiger partial charge in [-0.3, -0.25) is 0 Å². The van der Waals surface area contributed by atoms with Gasteiger partial charge >= 0.3 is 0 Å². The fraction of sp³-hybridized carbons (Fsp3) is 0.733. The number of aliphatic hydroxyl groups excluding tert-OH is 1. The molecule has 2 atom stereocenters. The second-order valence-electron chi connectivity index (χ2n) is 6.07. The maximum atomic E-state index is 9.83. The van der Waals surface area contributed by atoms with Gasteiger partial charge in [0.05, 0.1) is 6.61 Å². The lowest BCUT2D eigenvalue weighted by atomic mass is 9.74. The smallest absolute Gasteiger partial charge is 0.0613 e. The molecule has 2 N–H and O–H groups in total. The van der Waals surface area contributed by atoms with Crippen LogP contribution in [0.1, 0.15) is 43.4 Å². The van der Waals surface area contributed by atoms with E-state index in [4.69, 9.17) is 0 Å². The minimum atomic E-state index is -0.00447. The summed E-state index contributed by atoms with van der Waals surface area (Å²) < 4.78 is 0. The predicted octanol–water partition coefficient (Wildman–Crippen LogP) is 3.17. The standard InChI is InChI=1S/C15H23NOS/c17-11-15(16-10-14-4-2-8-18-14)7-1-3-13(9-15)12-5-6-12/h2,4,8,12-13,16-17H,1,3,5-7,9-11H2. The summed E-state index contributed by atoms with van der Waals surface area (Å²) in [6, 6.07) is 4.27. The first-order chi connectivity index (χ1) is 8.81. The Balaban J connectivity index is 1.61. The Morgan fingerprint density at radius 2 is 2.22 bits per heavy atom. The lowest BCUT2D eigenvalue weighted by molar-refractivity contribution is 0.0877. The summed E-state index contributed by atoms with van der Waals surface area (Å²) in [4.78, 5) is 1.37. The summed E-state index contributed by atoms with van der Waals surface area (Å²) in [6.45, 7) is 1.21. The van der Waals surface area contributed by atoms with Crippen molar-refractivity contribution in [3.63, 3.8) is 0 Å². The van der Waals surface area contributed by atoms with Gasteiger partial charge in [0, 0.05) is 17.0 Å². The topological polar surface area (TPSA) is 32.3 Å². The van der Waals surface area contributed by atoms with Crippen LogP contribution in [-0.4, -0.2) is 17.3 Å². The van der Waals surface area contributed by atoms with E-state index in [1.165, 1.54) is 37.0 Å². The van der Waals surface area contributed by atoms with E-state index < -0.39 is 0 Å². The summed E-state index contributed by atoms with van der Waals surface area (Å²) in [5.74, 6) is 1.83. The van der Waals surface area contributed by atoms with Crippen molar-refractivity contribution in [3.05, 3.63) is 22.4 Å². The normalized spacial score (nSPS) is 32.6. The molecular formula is C15H23NOS. The molecule has 1 heterocycles. The average Bonchev–Trinajstić information content (AvgIpc) is 3.14. The van der Waals surface area contributed by atoms with Gasteiger partial charge in [0.25, 0.3) is 0 Å². The molecule has 0 saturated heterocycles. The Labute approximate surface area is 113 Å². The second-order valence-corrected chi connectivity index (χ2v) is 7.10. The van der Waals surface area contributed by atoms with Crippen molar-refractivity contribution < 1.29 is 5.11 Å². The first-order valence-corrected chi connectivity index (χ1v) is 8.08. The third-order valence-electron chi connectivity index (χ3n) is 4.69. The summed E-state index contributed by atoms with van der Waals surface area (Å²) in [7, 11) is 0. The van der Waals surface area contributed by atoms with Gasteiger partial charge in [-0.2, -0.15) is 0 Å². The highest BCUT2D eigenvalue weighted by Crippen LogP contribution is 2.46. The third kappa shape index (κ3) is 2.79. The molecule has 0 aliphatic heterocycles. The van der Waals surface area contributed by atoms with Crippen molar-refractivity contribution in [1.29, 1.82) is 0 Å². The Kier molecular flexibility index (Phi) is 3.73. The van der Waals surface area contributed by atoms with Gasteiger partial charge in [-0.1, -0.05) is 18.9 Å². The molecule has 2 unspecified atom stereocenters. The molecule has 2 saturated carbocycles. The van der Waals surface area contributed by atoms with E-state index in [1.807, 2.05) is 0 Å². The number of nitrogens with one attached hydrogen (secondary N) is 1. The lowest BCUT2D eigenvalue weighted by Gasteiger charge is -2.41. The molecule has 0 spiro atoms. The molecule has 0 amide bonds. The van der Waals surface area contributed by atoms with E-state index in [-0.39, 0.29) is 5.54 Å². The summed E-state index contributed by atoms with van der Waals surface area (Å²) in [5, 5.41) is 15.6. The van der Waals surface area contributed by atoms with Gasteiger partial charge in [-0.05, 0) is 49.0 Å². The van der Waals surface area contributed by atoms with Crippen molar-refractivity contribution >= 4 is 11.3 Å². The molecule has 1 aromatic rings. The number of thiophene rings is 1. The highest BCUT2D eigenvalue weighted by molar-refractivity contribution is 7.09. The SMILES string of the molecule is OCC1(NCc2cccs2)CCCC(C2CC2)C1. The van der Waals surface area contributed by atoms with E-state index in [0.29, 0.717) is 6.61 Å². The van der Waals surface area contributed by atoms with E-state index >= 15 is 0 Å². The van der Waals surface area contributed by atoms with Gasteiger partial charge in [0.15, 0.2) is 0 Å².